The van der Waals surface area contributed by atoms with Crippen LogP contribution >= 0.6 is 0 Å². The summed E-state index contributed by atoms with van der Waals surface area (Å²) in [5.41, 5.74) is -0.669. The normalized spacial score (nSPS) is 31.5. The standard InChI is InChI=1S/C15H17N3O4/c1-3-9-12(21)15(4-2,7-19)22-14(9)18-8-17-11-10(20)5-6-16-13(11)18/h2,5-6,8-9,12,14,19,21H,3,7H2,1H3,(H,16,20)/t9-,12-,14+,15+/m0/s1. The second-order valence-corrected chi connectivity index (χ2v) is 5.37. The molecule has 1 aliphatic heterocycles. The van der Waals surface area contributed by atoms with Crippen LogP contribution in [0.5, 0.6) is 5.75 Å². The number of terminal acetylenes is 1. The van der Waals surface area contributed by atoms with Gasteiger partial charge < -0.3 is 20.1 Å². The van der Waals surface area contributed by atoms with Crippen molar-refractivity contribution in [1.82, 2.24) is 14.5 Å². The van der Waals surface area contributed by atoms with Crippen molar-refractivity contribution in [2.75, 3.05) is 6.61 Å². The van der Waals surface area contributed by atoms with Gasteiger partial charge in [0.15, 0.2) is 11.2 Å². The van der Waals surface area contributed by atoms with Crippen molar-refractivity contribution in [3.05, 3.63) is 18.6 Å². The number of ether oxygens (including phenoxy) is 1. The molecule has 0 amide bonds. The van der Waals surface area contributed by atoms with Gasteiger partial charge in [0.2, 0.25) is 0 Å². The number of aliphatic hydroxyl groups excluding tert-OH is 2. The Hall–Kier alpha value is -2.14. The summed E-state index contributed by atoms with van der Waals surface area (Å²) < 4.78 is 7.45. The van der Waals surface area contributed by atoms with Crippen LogP contribution in [-0.4, -0.2) is 48.2 Å². The van der Waals surface area contributed by atoms with Gasteiger partial charge in [-0.25, -0.2) is 9.97 Å². The quantitative estimate of drug-likeness (QED) is 0.710. The van der Waals surface area contributed by atoms with Gasteiger partial charge in [0.05, 0.1) is 12.9 Å². The number of fused-ring (bicyclic) bond motifs is 1. The molecule has 0 unspecified atom stereocenters. The Bertz CT molecular complexity index is 738. The molecule has 1 fully saturated rings. The maximum atomic E-state index is 10.5. The maximum absolute atomic E-state index is 10.5. The highest BCUT2D eigenvalue weighted by Crippen LogP contribution is 2.43. The van der Waals surface area contributed by atoms with E-state index in [1.54, 1.807) is 4.57 Å². The number of aromatic nitrogens is 3. The van der Waals surface area contributed by atoms with Crippen LogP contribution in [0.1, 0.15) is 19.6 Å². The van der Waals surface area contributed by atoms with Gasteiger partial charge in [0.1, 0.15) is 23.6 Å². The first-order valence-corrected chi connectivity index (χ1v) is 7.03. The zero-order chi connectivity index (χ0) is 15.9. The summed E-state index contributed by atoms with van der Waals surface area (Å²) in [5.74, 6) is 2.05. The highest BCUT2D eigenvalue weighted by Gasteiger charge is 2.53. The van der Waals surface area contributed by atoms with Gasteiger partial charge in [-0.15, -0.1) is 6.42 Å². The highest BCUT2D eigenvalue weighted by molar-refractivity contribution is 5.77. The molecule has 4 atom stereocenters. The summed E-state index contributed by atoms with van der Waals surface area (Å²) in [4.78, 5) is 8.34. The summed E-state index contributed by atoms with van der Waals surface area (Å²) >= 11 is 0. The Balaban J connectivity index is 2.10. The van der Waals surface area contributed by atoms with E-state index in [0.29, 0.717) is 17.6 Å². The largest absolute Gasteiger partial charge is 0.505 e. The number of hydrogen-bond donors (Lipinski definition) is 3. The van der Waals surface area contributed by atoms with E-state index < -0.39 is 24.5 Å². The molecule has 3 rings (SSSR count). The average molecular weight is 303 g/mol. The molecule has 0 saturated carbocycles. The van der Waals surface area contributed by atoms with E-state index in [9.17, 15) is 15.3 Å². The van der Waals surface area contributed by atoms with Crippen molar-refractivity contribution in [1.29, 1.82) is 0 Å². The molecule has 0 aromatic carbocycles. The monoisotopic (exact) mass is 303 g/mol. The predicted molar refractivity (Wildman–Crippen MR) is 77.8 cm³/mol. The van der Waals surface area contributed by atoms with Crippen molar-refractivity contribution in [2.45, 2.75) is 31.3 Å². The molecule has 3 N–H and O–H groups in total. The Kier molecular flexibility index (Phi) is 3.53. The molecule has 2 aromatic rings. The molecule has 2 aromatic heterocycles. The van der Waals surface area contributed by atoms with Crippen LogP contribution in [0.25, 0.3) is 11.2 Å². The van der Waals surface area contributed by atoms with Gasteiger partial charge in [0, 0.05) is 18.2 Å². The summed E-state index contributed by atoms with van der Waals surface area (Å²) in [6.07, 6.45) is 7.37. The highest BCUT2D eigenvalue weighted by atomic mass is 16.6. The Morgan fingerprint density at radius 2 is 2.27 bits per heavy atom. The lowest BCUT2D eigenvalue weighted by Gasteiger charge is -2.24. The molecular weight excluding hydrogens is 286 g/mol. The van der Waals surface area contributed by atoms with Gasteiger partial charge in [-0.3, -0.25) is 4.57 Å². The van der Waals surface area contributed by atoms with Crippen LogP contribution in [0.15, 0.2) is 18.6 Å². The Morgan fingerprint density at radius 1 is 1.50 bits per heavy atom. The molecule has 0 aliphatic carbocycles. The van der Waals surface area contributed by atoms with Crippen molar-refractivity contribution in [3.8, 4) is 18.1 Å². The van der Waals surface area contributed by atoms with Crippen molar-refractivity contribution in [3.63, 3.8) is 0 Å². The van der Waals surface area contributed by atoms with E-state index in [-0.39, 0.29) is 11.7 Å². The molecule has 1 saturated heterocycles. The maximum Gasteiger partial charge on any atom is 0.179 e. The van der Waals surface area contributed by atoms with Crippen LogP contribution in [-0.2, 0) is 4.74 Å². The lowest BCUT2D eigenvalue weighted by atomic mass is 9.89. The molecular formula is C15H17N3O4. The third-order valence-corrected chi connectivity index (χ3v) is 4.24. The Labute approximate surface area is 127 Å². The van der Waals surface area contributed by atoms with Crippen molar-refractivity contribution < 1.29 is 20.1 Å². The number of imidazole rings is 1. The molecule has 1 aliphatic rings. The predicted octanol–water partition coefficient (Wildman–Crippen LogP) is 0.417. The summed E-state index contributed by atoms with van der Waals surface area (Å²) in [7, 11) is 0. The van der Waals surface area contributed by atoms with Crippen LogP contribution in [0, 0.1) is 18.3 Å². The molecule has 0 bridgehead atoms. The van der Waals surface area contributed by atoms with Crippen LogP contribution in [0.2, 0.25) is 0 Å². The number of aliphatic hydroxyl groups is 2. The third kappa shape index (κ3) is 1.89. The molecule has 22 heavy (non-hydrogen) atoms. The lowest BCUT2D eigenvalue weighted by molar-refractivity contribution is -0.0898. The topological polar surface area (TPSA) is 101 Å². The molecule has 7 heteroatoms. The first-order chi connectivity index (χ1) is 10.6. The minimum atomic E-state index is -1.45. The van der Waals surface area contributed by atoms with Gasteiger partial charge >= 0.3 is 0 Å². The number of rotatable bonds is 3. The second-order valence-electron chi connectivity index (χ2n) is 5.37. The van der Waals surface area contributed by atoms with Crippen molar-refractivity contribution in [2.24, 2.45) is 5.92 Å². The van der Waals surface area contributed by atoms with Gasteiger partial charge in [-0.05, 0) is 6.42 Å². The average Bonchev–Trinajstić information content (AvgIpc) is 3.07. The third-order valence-electron chi connectivity index (χ3n) is 4.24. The smallest absolute Gasteiger partial charge is 0.179 e. The number of nitrogens with zero attached hydrogens (tertiary/aromatic N) is 3. The SMILES string of the molecule is C#C[C@]1(CO)O[C@@H](n2cnc3c(O)ccnc32)[C@@H](CC)[C@@H]1O. The van der Waals surface area contributed by atoms with Gasteiger partial charge in [-0.1, -0.05) is 12.8 Å². The fourth-order valence-corrected chi connectivity index (χ4v) is 2.96. The molecule has 3 heterocycles. The first kappa shape index (κ1) is 14.8. The summed E-state index contributed by atoms with van der Waals surface area (Å²) in [5, 5.41) is 29.8. The summed E-state index contributed by atoms with van der Waals surface area (Å²) in [6.45, 7) is 1.42. The molecule has 7 nitrogen and oxygen atoms in total. The van der Waals surface area contributed by atoms with Gasteiger partial charge in [0.25, 0.3) is 0 Å². The van der Waals surface area contributed by atoms with Gasteiger partial charge in [-0.2, -0.15) is 0 Å². The minimum Gasteiger partial charge on any atom is -0.505 e. The van der Waals surface area contributed by atoms with E-state index in [0.717, 1.165) is 0 Å². The zero-order valence-corrected chi connectivity index (χ0v) is 12.0. The molecule has 116 valence electrons. The lowest BCUT2D eigenvalue weighted by Crippen LogP contribution is -2.43. The van der Waals surface area contributed by atoms with Crippen LogP contribution in [0.4, 0.5) is 0 Å². The van der Waals surface area contributed by atoms with E-state index in [1.807, 2.05) is 6.92 Å². The first-order valence-electron chi connectivity index (χ1n) is 7.03. The fourth-order valence-electron chi connectivity index (χ4n) is 2.96. The minimum absolute atomic E-state index is 0.0146. The molecule has 0 spiro atoms. The summed E-state index contributed by atoms with van der Waals surface area (Å²) in [6, 6.07) is 1.45. The van der Waals surface area contributed by atoms with Crippen LogP contribution in [0.3, 0.4) is 0 Å². The van der Waals surface area contributed by atoms with E-state index in [2.05, 4.69) is 15.9 Å². The zero-order valence-electron chi connectivity index (χ0n) is 12.0. The van der Waals surface area contributed by atoms with Crippen molar-refractivity contribution >= 4 is 11.2 Å². The van der Waals surface area contributed by atoms with E-state index >= 15 is 0 Å². The van der Waals surface area contributed by atoms with E-state index in [4.69, 9.17) is 11.2 Å². The number of hydrogen-bond acceptors (Lipinski definition) is 6. The molecule has 0 radical (unpaired) electrons. The fraction of sp³-hybridized carbons (Fsp3) is 0.467. The number of aromatic hydroxyl groups is 1. The van der Waals surface area contributed by atoms with Crippen LogP contribution < -0.4 is 0 Å². The Morgan fingerprint density at radius 3 is 2.91 bits per heavy atom. The second kappa shape index (κ2) is 5.25. The number of pyridine rings is 1. The van der Waals surface area contributed by atoms with E-state index in [1.165, 1.54) is 18.6 Å².